The first-order valence-corrected chi connectivity index (χ1v) is 7.93. The highest BCUT2D eigenvalue weighted by atomic mass is 16.4. The van der Waals surface area contributed by atoms with Crippen LogP contribution in [0, 0.1) is 6.92 Å². The second kappa shape index (κ2) is 6.32. The van der Waals surface area contributed by atoms with E-state index in [0.717, 1.165) is 16.7 Å². The van der Waals surface area contributed by atoms with Crippen LogP contribution in [-0.4, -0.2) is 40.9 Å². The van der Waals surface area contributed by atoms with Gasteiger partial charge >= 0.3 is 5.97 Å². The number of carbonyl (C=O) groups is 1. The third kappa shape index (κ3) is 3.00. The Balaban J connectivity index is 1.68. The summed E-state index contributed by atoms with van der Waals surface area (Å²) < 4.78 is 1.46. The largest absolute Gasteiger partial charge is 0.476 e. The number of carboxylic acids is 1. The summed E-state index contributed by atoms with van der Waals surface area (Å²) in [6.45, 7) is 1.94. The van der Waals surface area contributed by atoms with Crippen molar-refractivity contribution in [3.05, 3.63) is 71.4 Å². The number of rotatable bonds is 4. The minimum Gasteiger partial charge on any atom is -0.476 e. The van der Waals surface area contributed by atoms with Gasteiger partial charge in [0.2, 0.25) is 0 Å². The maximum atomic E-state index is 11.1. The van der Waals surface area contributed by atoms with Crippen molar-refractivity contribution in [2.24, 2.45) is 0 Å². The lowest BCUT2D eigenvalue weighted by atomic mass is 10.1. The Morgan fingerprint density at radius 3 is 2.69 bits per heavy atom. The fourth-order valence-electron chi connectivity index (χ4n) is 2.60. The maximum absolute atomic E-state index is 11.1. The molecule has 128 valence electrons. The van der Waals surface area contributed by atoms with Gasteiger partial charge in [0.15, 0.2) is 23.0 Å². The molecule has 0 radical (unpaired) electrons. The molecule has 0 saturated heterocycles. The van der Waals surface area contributed by atoms with Crippen molar-refractivity contribution in [2.75, 3.05) is 0 Å². The summed E-state index contributed by atoms with van der Waals surface area (Å²) in [5.41, 5.74) is 3.32. The SMILES string of the molecule is Cc1cnc(-c2cccc(Cc3nnc4ccc(C(=O)O)nn34)c2)nc1. The average Bonchev–Trinajstić information content (AvgIpc) is 3.04. The van der Waals surface area contributed by atoms with Crippen LogP contribution < -0.4 is 0 Å². The first-order chi connectivity index (χ1) is 12.6. The lowest BCUT2D eigenvalue weighted by molar-refractivity contribution is 0.0689. The molecule has 0 saturated carbocycles. The van der Waals surface area contributed by atoms with E-state index < -0.39 is 5.97 Å². The zero-order chi connectivity index (χ0) is 18.1. The highest BCUT2D eigenvalue weighted by molar-refractivity contribution is 5.85. The number of nitrogens with zero attached hydrogens (tertiary/aromatic N) is 6. The van der Waals surface area contributed by atoms with Crippen molar-refractivity contribution in [1.29, 1.82) is 0 Å². The van der Waals surface area contributed by atoms with Crippen molar-refractivity contribution in [2.45, 2.75) is 13.3 Å². The van der Waals surface area contributed by atoms with E-state index in [4.69, 9.17) is 5.11 Å². The summed E-state index contributed by atoms with van der Waals surface area (Å²) in [4.78, 5) is 19.8. The number of hydrogen-bond donors (Lipinski definition) is 1. The molecule has 8 nitrogen and oxygen atoms in total. The van der Waals surface area contributed by atoms with Crippen molar-refractivity contribution in [1.82, 2.24) is 29.8 Å². The van der Waals surface area contributed by atoms with E-state index in [1.165, 1.54) is 10.6 Å². The number of fused-ring (bicyclic) bond motifs is 1. The molecule has 26 heavy (non-hydrogen) atoms. The first kappa shape index (κ1) is 15.8. The van der Waals surface area contributed by atoms with E-state index in [1.807, 2.05) is 31.2 Å². The van der Waals surface area contributed by atoms with E-state index in [2.05, 4.69) is 25.3 Å². The quantitative estimate of drug-likeness (QED) is 0.603. The molecule has 3 heterocycles. The Labute approximate surface area is 148 Å². The molecular weight excluding hydrogens is 332 g/mol. The lowest BCUT2D eigenvalue weighted by Crippen LogP contribution is -2.07. The van der Waals surface area contributed by atoms with Gasteiger partial charge in [-0.25, -0.2) is 14.8 Å². The van der Waals surface area contributed by atoms with Crippen LogP contribution in [0.5, 0.6) is 0 Å². The van der Waals surface area contributed by atoms with Gasteiger partial charge in [-0.05, 0) is 36.2 Å². The fraction of sp³-hybridized carbons (Fsp3) is 0.111. The van der Waals surface area contributed by atoms with Crippen LogP contribution in [0.25, 0.3) is 17.0 Å². The summed E-state index contributed by atoms with van der Waals surface area (Å²) in [7, 11) is 0. The predicted molar refractivity (Wildman–Crippen MR) is 92.8 cm³/mol. The van der Waals surface area contributed by atoms with Crippen LogP contribution in [0.4, 0.5) is 0 Å². The van der Waals surface area contributed by atoms with Crippen molar-refractivity contribution < 1.29 is 9.90 Å². The van der Waals surface area contributed by atoms with Gasteiger partial charge in [-0.3, -0.25) is 0 Å². The fourth-order valence-corrected chi connectivity index (χ4v) is 2.60. The van der Waals surface area contributed by atoms with Crippen LogP contribution in [0.3, 0.4) is 0 Å². The smallest absolute Gasteiger partial charge is 0.356 e. The molecule has 0 aliphatic carbocycles. The first-order valence-electron chi connectivity index (χ1n) is 7.93. The van der Waals surface area contributed by atoms with Crippen molar-refractivity contribution in [3.8, 4) is 11.4 Å². The second-order valence-corrected chi connectivity index (χ2v) is 5.87. The predicted octanol–water partition coefficient (Wildman–Crippen LogP) is 2.18. The summed E-state index contributed by atoms with van der Waals surface area (Å²) in [5, 5.41) is 21.4. The van der Waals surface area contributed by atoms with Crippen molar-refractivity contribution >= 4 is 11.6 Å². The van der Waals surface area contributed by atoms with Gasteiger partial charge in [0.05, 0.1) is 0 Å². The highest BCUT2D eigenvalue weighted by Gasteiger charge is 2.12. The summed E-state index contributed by atoms with van der Waals surface area (Å²) in [5.74, 6) is 0.116. The summed E-state index contributed by atoms with van der Waals surface area (Å²) in [6.07, 6.45) is 4.01. The Hall–Kier alpha value is -3.68. The number of benzene rings is 1. The van der Waals surface area contributed by atoms with E-state index in [0.29, 0.717) is 23.7 Å². The standard InChI is InChI=1S/C18H14N6O2/c1-11-9-19-17(20-10-11)13-4-2-3-12(7-13)8-16-22-21-15-6-5-14(18(25)26)23-24(15)16/h2-7,9-10H,8H2,1H3,(H,25,26). The normalized spacial score (nSPS) is 11.0. The molecule has 0 spiro atoms. The molecule has 0 bridgehead atoms. The topological polar surface area (TPSA) is 106 Å². The summed E-state index contributed by atoms with van der Waals surface area (Å²) >= 11 is 0. The Morgan fingerprint density at radius 1 is 1.12 bits per heavy atom. The van der Waals surface area contributed by atoms with Crippen LogP contribution in [-0.2, 0) is 6.42 Å². The number of aromatic carboxylic acids is 1. The zero-order valence-corrected chi connectivity index (χ0v) is 13.9. The van der Waals surface area contributed by atoms with Gasteiger partial charge in [-0.2, -0.15) is 9.61 Å². The van der Waals surface area contributed by atoms with E-state index in [1.54, 1.807) is 18.5 Å². The van der Waals surface area contributed by atoms with E-state index in [-0.39, 0.29) is 5.69 Å². The molecule has 1 aromatic carbocycles. The molecule has 4 rings (SSSR count). The van der Waals surface area contributed by atoms with Gasteiger partial charge < -0.3 is 5.11 Å². The zero-order valence-electron chi connectivity index (χ0n) is 13.9. The van der Waals surface area contributed by atoms with Crippen LogP contribution in [0.15, 0.2) is 48.8 Å². The summed E-state index contributed by atoms with van der Waals surface area (Å²) in [6, 6.07) is 10.8. The molecule has 4 aromatic rings. The van der Waals surface area contributed by atoms with Gasteiger partial charge in [-0.15, -0.1) is 10.2 Å². The molecule has 3 aromatic heterocycles. The minimum absolute atomic E-state index is 0.0552. The molecule has 1 N–H and O–H groups in total. The van der Waals surface area contributed by atoms with Gasteiger partial charge in [-0.1, -0.05) is 18.2 Å². The number of aryl methyl sites for hydroxylation is 1. The van der Waals surface area contributed by atoms with E-state index in [9.17, 15) is 4.79 Å². The maximum Gasteiger partial charge on any atom is 0.356 e. The number of aromatic nitrogens is 6. The Kier molecular flexibility index (Phi) is 3.85. The Bertz CT molecular complexity index is 1100. The lowest BCUT2D eigenvalue weighted by Gasteiger charge is -2.04. The molecule has 0 fully saturated rings. The average molecular weight is 346 g/mol. The van der Waals surface area contributed by atoms with Crippen molar-refractivity contribution in [3.63, 3.8) is 0 Å². The monoisotopic (exact) mass is 346 g/mol. The minimum atomic E-state index is -1.09. The molecule has 0 aliphatic heterocycles. The second-order valence-electron chi connectivity index (χ2n) is 5.87. The Morgan fingerprint density at radius 2 is 1.92 bits per heavy atom. The van der Waals surface area contributed by atoms with Crippen LogP contribution in [0.2, 0.25) is 0 Å². The van der Waals surface area contributed by atoms with Crippen LogP contribution >= 0.6 is 0 Å². The van der Waals surface area contributed by atoms with Gasteiger partial charge in [0.1, 0.15) is 0 Å². The molecule has 0 unspecified atom stereocenters. The molecule has 0 amide bonds. The molecule has 8 heteroatoms. The third-order valence-electron chi connectivity index (χ3n) is 3.87. The van der Waals surface area contributed by atoms with Gasteiger partial charge in [0.25, 0.3) is 0 Å². The number of hydrogen-bond acceptors (Lipinski definition) is 6. The highest BCUT2D eigenvalue weighted by Crippen LogP contribution is 2.18. The molecular formula is C18H14N6O2. The molecule has 0 aliphatic rings. The van der Waals surface area contributed by atoms with Gasteiger partial charge in [0, 0.05) is 24.4 Å². The molecule has 0 atom stereocenters. The number of carboxylic acid groups (broad SMARTS) is 1. The van der Waals surface area contributed by atoms with E-state index >= 15 is 0 Å². The van der Waals surface area contributed by atoms with Crippen LogP contribution in [0.1, 0.15) is 27.4 Å². The third-order valence-corrected chi connectivity index (χ3v) is 3.87.